The van der Waals surface area contributed by atoms with E-state index < -0.39 is 6.10 Å². The molecule has 2 unspecified atom stereocenters. The molecule has 1 N–H and O–H groups in total. The fraction of sp³-hybridized carbons (Fsp3) is 0.368. The summed E-state index contributed by atoms with van der Waals surface area (Å²) in [6, 6.07) is 9.47. The van der Waals surface area contributed by atoms with E-state index in [1.807, 2.05) is 30.3 Å². The molecular formula is C19H20Cl2N2OS. The zero-order chi connectivity index (χ0) is 17.7. The van der Waals surface area contributed by atoms with Crippen LogP contribution in [0.2, 0.25) is 9.36 Å². The molecular weight excluding hydrogens is 375 g/mol. The molecule has 0 spiro atoms. The molecule has 2 aromatic heterocycles. The second kappa shape index (κ2) is 6.60. The minimum Gasteiger partial charge on any atom is -0.387 e. The number of aliphatic hydroxyl groups is 1. The summed E-state index contributed by atoms with van der Waals surface area (Å²) in [6.45, 7) is 4.70. The lowest BCUT2D eigenvalue weighted by Gasteiger charge is -2.30. The summed E-state index contributed by atoms with van der Waals surface area (Å²) < 4.78 is 4.30. The Kier molecular flexibility index (Phi) is 4.59. The maximum absolute atomic E-state index is 10.8. The average molecular weight is 395 g/mol. The van der Waals surface area contributed by atoms with E-state index in [9.17, 15) is 5.11 Å². The molecule has 4 rings (SSSR count). The molecule has 0 saturated heterocycles. The fourth-order valence-corrected chi connectivity index (χ4v) is 5.44. The number of aromatic nitrogens is 1. The van der Waals surface area contributed by atoms with Crippen molar-refractivity contribution in [3.05, 3.63) is 56.5 Å². The molecule has 1 aromatic carbocycles. The highest BCUT2D eigenvalue weighted by atomic mass is 35.5. The first kappa shape index (κ1) is 17.4. The third-order valence-electron chi connectivity index (χ3n) is 4.92. The van der Waals surface area contributed by atoms with Gasteiger partial charge in [-0.05, 0) is 30.8 Å². The van der Waals surface area contributed by atoms with Crippen LogP contribution >= 0.6 is 34.5 Å². The second-order valence-electron chi connectivity index (χ2n) is 6.91. The molecule has 6 heteroatoms. The van der Waals surface area contributed by atoms with Crippen molar-refractivity contribution < 1.29 is 5.11 Å². The summed E-state index contributed by atoms with van der Waals surface area (Å²) in [5.41, 5.74) is 4.65. The van der Waals surface area contributed by atoms with Gasteiger partial charge in [-0.1, -0.05) is 42.3 Å². The molecule has 0 aliphatic carbocycles. The van der Waals surface area contributed by atoms with Gasteiger partial charge in [0.2, 0.25) is 0 Å². The van der Waals surface area contributed by atoms with Gasteiger partial charge in [0.25, 0.3) is 0 Å². The zero-order valence-electron chi connectivity index (χ0n) is 14.2. The molecule has 0 bridgehead atoms. The molecule has 132 valence electrons. The monoisotopic (exact) mass is 394 g/mol. The van der Waals surface area contributed by atoms with E-state index in [1.54, 1.807) is 11.3 Å². The molecule has 0 radical (unpaired) electrons. The SMILES string of the molecule is CC1CN(C)Cc2c1n(CC(O)c1cccc(Cl)c1)c1cc(Cl)sc21. The number of halogens is 2. The normalized spacial score (nSPS) is 19.3. The number of hydrogen-bond donors (Lipinski definition) is 1. The lowest BCUT2D eigenvalue weighted by atomic mass is 9.98. The number of rotatable bonds is 3. The van der Waals surface area contributed by atoms with Crippen LogP contribution in [0.15, 0.2) is 30.3 Å². The Morgan fingerprint density at radius 3 is 2.88 bits per heavy atom. The predicted molar refractivity (Wildman–Crippen MR) is 106 cm³/mol. The van der Waals surface area contributed by atoms with E-state index in [-0.39, 0.29) is 0 Å². The molecule has 25 heavy (non-hydrogen) atoms. The van der Waals surface area contributed by atoms with Crippen LogP contribution in [-0.2, 0) is 13.1 Å². The van der Waals surface area contributed by atoms with Gasteiger partial charge in [0.05, 0.1) is 27.2 Å². The van der Waals surface area contributed by atoms with E-state index >= 15 is 0 Å². The Morgan fingerprint density at radius 2 is 2.12 bits per heavy atom. The Balaban J connectivity index is 1.80. The number of hydrogen-bond acceptors (Lipinski definition) is 3. The maximum atomic E-state index is 10.8. The lowest BCUT2D eigenvalue weighted by molar-refractivity contribution is 0.155. The van der Waals surface area contributed by atoms with Gasteiger partial charge in [0.15, 0.2) is 0 Å². The smallest absolute Gasteiger partial charge is 0.0969 e. The summed E-state index contributed by atoms with van der Waals surface area (Å²) in [4.78, 5) is 2.35. The first-order valence-corrected chi connectivity index (χ1v) is 9.93. The van der Waals surface area contributed by atoms with Crippen molar-refractivity contribution in [3.63, 3.8) is 0 Å². The molecule has 0 saturated carbocycles. The number of nitrogens with zero attached hydrogens (tertiary/aromatic N) is 2. The molecule has 1 aliphatic rings. The number of benzene rings is 1. The van der Waals surface area contributed by atoms with Crippen LogP contribution in [0, 0.1) is 0 Å². The van der Waals surface area contributed by atoms with Gasteiger partial charge in [-0.2, -0.15) is 0 Å². The van der Waals surface area contributed by atoms with E-state index in [0.717, 1.165) is 28.5 Å². The van der Waals surface area contributed by atoms with E-state index in [2.05, 4.69) is 23.4 Å². The van der Waals surface area contributed by atoms with Crippen molar-refractivity contribution in [2.75, 3.05) is 13.6 Å². The number of thiophene rings is 1. The molecule has 0 amide bonds. The fourth-order valence-electron chi connectivity index (χ4n) is 3.97. The van der Waals surface area contributed by atoms with Crippen molar-refractivity contribution >= 4 is 44.8 Å². The molecule has 2 atom stereocenters. The highest BCUT2D eigenvalue weighted by Crippen LogP contribution is 2.42. The van der Waals surface area contributed by atoms with E-state index in [4.69, 9.17) is 23.2 Å². The number of aliphatic hydroxyl groups excluding tert-OH is 1. The van der Waals surface area contributed by atoms with Crippen molar-refractivity contribution in [2.45, 2.75) is 32.0 Å². The van der Waals surface area contributed by atoms with Crippen molar-refractivity contribution in [2.24, 2.45) is 0 Å². The summed E-state index contributed by atoms with van der Waals surface area (Å²) in [7, 11) is 2.15. The standard InChI is InChI=1S/C19H20Cl2N2OS/c1-11-8-22(2)9-14-18(11)23(15-7-17(21)25-19(14)15)10-16(24)12-4-3-5-13(20)6-12/h3-7,11,16,24H,8-10H2,1-2H3. The van der Waals surface area contributed by atoms with E-state index in [0.29, 0.717) is 17.5 Å². The maximum Gasteiger partial charge on any atom is 0.0969 e. The quantitative estimate of drug-likeness (QED) is 0.653. The summed E-state index contributed by atoms with van der Waals surface area (Å²) >= 11 is 14.0. The highest BCUT2D eigenvalue weighted by molar-refractivity contribution is 7.22. The topological polar surface area (TPSA) is 28.4 Å². The Hall–Kier alpha value is -1.04. The Labute approximate surface area is 161 Å². The molecule has 1 aliphatic heterocycles. The summed E-state index contributed by atoms with van der Waals surface area (Å²) in [6.07, 6.45) is -0.607. The van der Waals surface area contributed by atoms with E-state index in [1.165, 1.54) is 16.0 Å². The largest absolute Gasteiger partial charge is 0.387 e. The average Bonchev–Trinajstić information content (AvgIpc) is 3.05. The third-order valence-corrected chi connectivity index (χ3v) is 6.46. The van der Waals surface area contributed by atoms with Crippen molar-refractivity contribution in [1.29, 1.82) is 0 Å². The van der Waals surface area contributed by atoms with Crippen LogP contribution in [0.5, 0.6) is 0 Å². The predicted octanol–water partition coefficient (Wildman–Crippen LogP) is 5.29. The minimum absolute atomic E-state index is 0.415. The van der Waals surface area contributed by atoms with Crippen molar-refractivity contribution in [1.82, 2.24) is 9.47 Å². The Morgan fingerprint density at radius 1 is 1.32 bits per heavy atom. The minimum atomic E-state index is -0.607. The number of fused-ring (bicyclic) bond motifs is 3. The highest BCUT2D eigenvalue weighted by Gasteiger charge is 2.29. The molecule has 0 fully saturated rings. The van der Waals surface area contributed by atoms with Gasteiger partial charge in [0.1, 0.15) is 0 Å². The van der Waals surface area contributed by atoms with Crippen LogP contribution < -0.4 is 0 Å². The van der Waals surface area contributed by atoms with Crippen LogP contribution in [0.25, 0.3) is 10.2 Å². The molecule has 3 aromatic rings. The zero-order valence-corrected chi connectivity index (χ0v) is 16.5. The third kappa shape index (κ3) is 3.11. The van der Waals surface area contributed by atoms with Crippen molar-refractivity contribution in [3.8, 4) is 0 Å². The first-order chi connectivity index (χ1) is 11.9. The summed E-state index contributed by atoms with van der Waals surface area (Å²) in [5, 5.41) is 11.4. The van der Waals surface area contributed by atoms with Gasteiger partial charge in [0, 0.05) is 35.3 Å². The van der Waals surface area contributed by atoms with Crippen LogP contribution in [0.1, 0.15) is 35.8 Å². The van der Waals surface area contributed by atoms with Crippen LogP contribution in [0.3, 0.4) is 0 Å². The van der Waals surface area contributed by atoms with Gasteiger partial charge in [-0.3, -0.25) is 0 Å². The van der Waals surface area contributed by atoms with Gasteiger partial charge < -0.3 is 14.6 Å². The van der Waals surface area contributed by atoms with Gasteiger partial charge >= 0.3 is 0 Å². The molecule has 3 nitrogen and oxygen atoms in total. The second-order valence-corrected chi connectivity index (χ2v) is 9.03. The number of likely N-dealkylation sites (N-methyl/N-ethyl adjacent to an activating group) is 1. The summed E-state index contributed by atoms with van der Waals surface area (Å²) in [5.74, 6) is 0.415. The Bertz CT molecular complexity index is 933. The first-order valence-electron chi connectivity index (χ1n) is 8.36. The van der Waals surface area contributed by atoms with Crippen LogP contribution in [0.4, 0.5) is 0 Å². The van der Waals surface area contributed by atoms with Gasteiger partial charge in [-0.25, -0.2) is 0 Å². The van der Waals surface area contributed by atoms with Crippen LogP contribution in [-0.4, -0.2) is 28.2 Å². The van der Waals surface area contributed by atoms with Gasteiger partial charge in [-0.15, -0.1) is 11.3 Å². The molecule has 3 heterocycles. The lowest BCUT2D eigenvalue weighted by Crippen LogP contribution is -2.30.